The second-order valence-electron chi connectivity index (χ2n) is 5.06. The fourth-order valence-corrected chi connectivity index (χ4v) is 2.93. The van der Waals surface area contributed by atoms with E-state index >= 15 is 0 Å². The lowest BCUT2D eigenvalue weighted by Gasteiger charge is -2.09. The van der Waals surface area contributed by atoms with Gasteiger partial charge >= 0.3 is 5.56 Å². The number of rotatable bonds is 5. The van der Waals surface area contributed by atoms with Crippen molar-refractivity contribution in [3.63, 3.8) is 0 Å². The van der Waals surface area contributed by atoms with Gasteiger partial charge in [0.15, 0.2) is 0 Å². The first kappa shape index (κ1) is 17.2. The first-order valence-corrected chi connectivity index (χ1v) is 8.54. The Morgan fingerprint density at radius 2 is 1.96 bits per heavy atom. The molecule has 9 heteroatoms. The Morgan fingerprint density at radius 1 is 1.20 bits per heavy atom. The Morgan fingerprint density at radius 3 is 2.68 bits per heavy atom. The van der Waals surface area contributed by atoms with Crippen molar-refractivity contribution in [3.05, 3.63) is 75.3 Å². The predicted octanol–water partition coefficient (Wildman–Crippen LogP) is 3.18. The van der Waals surface area contributed by atoms with Crippen molar-refractivity contribution in [2.45, 2.75) is 10.9 Å². The molecule has 0 spiro atoms. The number of hydrogen-bond donors (Lipinski definition) is 2. The summed E-state index contributed by atoms with van der Waals surface area (Å²) < 4.78 is 14.1. The van der Waals surface area contributed by atoms with Gasteiger partial charge in [-0.1, -0.05) is 41.6 Å². The molecule has 0 atom stereocenters. The number of aromatic nitrogens is 3. The topological polar surface area (TPSA) is 85.8 Å². The average Bonchev–Trinajstić information content (AvgIpc) is 2.60. The summed E-state index contributed by atoms with van der Waals surface area (Å²) in [5.41, 5.74) is 0.830. The molecule has 0 unspecified atom stereocenters. The van der Waals surface area contributed by atoms with Crippen LogP contribution in [0.3, 0.4) is 0 Å². The summed E-state index contributed by atoms with van der Waals surface area (Å²) in [5.74, 6) is 5.85. The summed E-state index contributed by atoms with van der Waals surface area (Å²) in [6.45, 7) is 0. The molecule has 6 nitrogen and oxygen atoms in total. The van der Waals surface area contributed by atoms with Crippen LogP contribution in [0.1, 0.15) is 5.56 Å². The molecule has 3 aromatic rings. The molecule has 1 heterocycles. The molecule has 0 bridgehead atoms. The zero-order valence-corrected chi connectivity index (χ0v) is 14.4. The third kappa shape index (κ3) is 4.28. The molecule has 128 valence electrons. The van der Waals surface area contributed by atoms with E-state index in [4.69, 9.17) is 17.4 Å². The van der Waals surface area contributed by atoms with E-state index in [-0.39, 0.29) is 11.0 Å². The number of hydrogen-bond acceptors (Lipinski definition) is 6. The Kier molecular flexibility index (Phi) is 5.20. The Labute approximate surface area is 151 Å². The van der Waals surface area contributed by atoms with Gasteiger partial charge in [0.1, 0.15) is 5.82 Å². The van der Waals surface area contributed by atoms with Crippen LogP contribution in [0.15, 0.2) is 58.5 Å². The van der Waals surface area contributed by atoms with Crippen LogP contribution >= 0.6 is 23.4 Å². The highest BCUT2D eigenvalue weighted by Gasteiger charge is 2.11. The van der Waals surface area contributed by atoms with Gasteiger partial charge in [-0.05, 0) is 35.9 Å². The number of nitrogens with zero attached hydrogens (tertiary/aromatic N) is 3. The average molecular weight is 378 g/mol. The summed E-state index contributed by atoms with van der Waals surface area (Å²) in [6, 6.07) is 13.0. The lowest BCUT2D eigenvalue weighted by molar-refractivity contribution is 0.628. The van der Waals surface area contributed by atoms with E-state index in [1.807, 2.05) is 12.1 Å². The molecule has 0 saturated heterocycles. The molecule has 1 aromatic heterocycles. The van der Waals surface area contributed by atoms with Crippen molar-refractivity contribution in [1.29, 1.82) is 0 Å². The molecule has 3 N–H and O–H groups in total. The molecule has 3 rings (SSSR count). The first-order chi connectivity index (χ1) is 12.0. The number of thioether (sulfide) groups is 1. The number of nitrogens with one attached hydrogen (secondary N) is 1. The van der Waals surface area contributed by atoms with E-state index in [0.717, 1.165) is 10.2 Å². The van der Waals surface area contributed by atoms with Gasteiger partial charge in [-0.15, -0.1) is 10.2 Å². The van der Waals surface area contributed by atoms with Crippen LogP contribution in [0.4, 0.5) is 15.9 Å². The normalized spacial score (nSPS) is 10.6. The smallest absolute Gasteiger partial charge is 0.315 e. The van der Waals surface area contributed by atoms with E-state index in [2.05, 4.69) is 15.5 Å². The van der Waals surface area contributed by atoms with E-state index in [0.29, 0.717) is 16.5 Å². The van der Waals surface area contributed by atoms with Crippen LogP contribution in [-0.2, 0) is 5.75 Å². The highest BCUT2D eigenvalue weighted by atomic mass is 35.5. The van der Waals surface area contributed by atoms with Crippen LogP contribution < -0.4 is 16.7 Å². The van der Waals surface area contributed by atoms with Gasteiger partial charge in [-0.3, -0.25) is 4.79 Å². The summed E-state index contributed by atoms with van der Waals surface area (Å²) in [7, 11) is 0. The standard InChI is InChI=1S/C16H13ClFN5OS/c17-11-6-4-10(5-7-11)9-25-16-22-21-14(15(24)23(16)19)20-13-3-1-2-12(18)8-13/h1-8H,9,19H2,(H,20,21). The SMILES string of the molecule is Nn1c(SCc2ccc(Cl)cc2)nnc(Nc2cccc(F)c2)c1=O. The lowest BCUT2D eigenvalue weighted by Crippen LogP contribution is -2.32. The van der Waals surface area contributed by atoms with Crippen LogP contribution in [0, 0.1) is 5.82 Å². The number of anilines is 2. The van der Waals surface area contributed by atoms with Gasteiger partial charge in [0.25, 0.3) is 0 Å². The highest BCUT2D eigenvalue weighted by molar-refractivity contribution is 7.98. The molecule has 2 aromatic carbocycles. The van der Waals surface area contributed by atoms with Gasteiger partial charge < -0.3 is 11.2 Å². The molecule has 0 radical (unpaired) electrons. The number of nitrogens with two attached hydrogens (primary N) is 1. The zero-order valence-electron chi connectivity index (χ0n) is 12.8. The van der Waals surface area contributed by atoms with E-state index in [1.54, 1.807) is 18.2 Å². The van der Waals surface area contributed by atoms with Crippen molar-refractivity contribution in [3.8, 4) is 0 Å². The first-order valence-electron chi connectivity index (χ1n) is 7.17. The second kappa shape index (κ2) is 7.54. The number of halogens is 2. The molecular formula is C16H13ClFN5OS. The Hall–Kier alpha value is -2.58. The predicted molar refractivity (Wildman–Crippen MR) is 97.1 cm³/mol. The van der Waals surface area contributed by atoms with E-state index in [9.17, 15) is 9.18 Å². The summed E-state index contributed by atoms with van der Waals surface area (Å²) in [4.78, 5) is 12.3. The van der Waals surface area contributed by atoms with Crippen molar-refractivity contribution in [2.24, 2.45) is 0 Å². The van der Waals surface area contributed by atoms with Gasteiger partial charge in [-0.2, -0.15) is 4.68 Å². The molecule has 0 aliphatic heterocycles. The van der Waals surface area contributed by atoms with Crippen LogP contribution in [0.2, 0.25) is 5.02 Å². The zero-order chi connectivity index (χ0) is 17.8. The quantitative estimate of drug-likeness (QED) is 0.524. The van der Waals surface area contributed by atoms with Gasteiger partial charge in [0.2, 0.25) is 11.0 Å². The minimum atomic E-state index is -0.558. The number of benzene rings is 2. The Balaban J connectivity index is 1.75. The molecule has 0 aliphatic carbocycles. The second-order valence-corrected chi connectivity index (χ2v) is 6.44. The van der Waals surface area contributed by atoms with Gasteiger partial charge in [0, 0.05) is 16.5 Å². The van der Waals surface area contributed by atoms with Crippen LogP contribution in [0.25, 0.3) is 0 Å². The van der Waals surface area contributed by atoms with Crippen LogP contribution in [0.5, 0.6) is 0 Å². The van der Waals surface area contributed by atoms with Gasteiger partial charge in [-0.25, -0.2) is 4.39 Å². The van der Waals surface area contributed by atoms with Crippen LogP contribution in [-0.4, -0.2) is 14.9 Å². The summed E-state index contributed by atoms with van der Waals surface area (Å²) in [5, 5.41) is 11.4. The van der Waals surface area contributed by atoms with Crippen molar-refractivity contribution < 1.29 is 4.39 Å². The minimum absolute atomic E-state index is 0.0797. The molecule has 0 amide bonds. The summed E-state index contributed by atoms with van der Waals surface area (Å²) in [6.07, 6.45) is 0. The molecule has 25 heavy (non-hydrogen) atoms. The van der Waals surface area contributed by atoms with Crippen molar-refractivity contribution in [2.75, 3.05) is 11.2 Å². The van der Waals surface area contributed by atoms with E-state index < -0.39 is 11.4 Å². The lowest BCUT2D eigenvalue weighted by atomic mass is 10.2. The maximum Gasteiger partial charge on any atom is 0.315 e. The fourth-order valence-electron chi connectivity index (χ4n) is 1.99. The largest absolute Gasteiger partial charge is 0.334 e. The third-order valence-corrected chi connectivity index (χ3v) is 4.50. The summed E-state index contributed by atoms with van der Waals surface area (Å²) >= 11 is 7.11. The number of nitrogen functional groups attached to an aromatic ring is 1. The van der Waals surface area contributed by atoms with Gasteiger partial charge in [0.05, 0.1) is 0 Å². The maximum absolute atomic E-state index is 13.2. The monoisotopic (exact) mass is 377 g/mol. The Bertz CT molecular complexity index is 948. The minimum Gasteiger partial charge on any atom is -0.334 e. The molecule has 0 aliphatic rings. The maximum atomic E-state index is 13.2. The van der Waals surface area contributed by atoms with Crippen molar-refractivity contribution in [1.82, 2.24) is 14.9 Å². The molecule has 0 fully saturated rings. The fraction of sp³-hybridized carbons (Fsp3) is 0.0625. The highest BCUT2D eigenvalue weighted by Crippen LogP contribution is 2.20. The molecular weight excluding hydrogens is 365 g/mol. The third-order valence-electron chi connectivity index (χ3n) is 3.23. The van der Waals surface area contributed by atoms with Crippen molar-refractivity contribution >= 4 is 34.9 Å². The van der Waals surface area contributed by atoms with E-state index in [1.165, 1.54) is 30.0 Å². The molecule has 0 saturated carbocycles.